The molecule has 0 saturated heterocycles. The molecule has 0 aliphatic heterocycles. The Balaban J connectivity index is 1.31. The zero-order valence-corrected chi connectivity index (χ0v) is 17.5. The Kier molecular flexibility index (Phi) is 8.29. The molecule has 3 rings (SSSR count). The number of rotatable bonds is 8. The summed E-state index contributed by atoms with van der Waals surface area (Å²) in [7, 11) is 0. The summed E-state index contributed by atoms with van der Waals surface area (Å²) in [6, 6.07) is 2.28. The Bertz CT molecular complexity index is 573. The lowest BCUT2D eigenvalue weighted by Crippen LogP contribution is -2.25. The smallest absolute Gasteiger partial charge is 0.194 e. The lowest BCUT2D eigenvalue weighted by Gasteiger charge is -2.38. The van der Waals surface area contributed by atoms with E-state index in [1.807, 2.05) is 0 Å². The fraction of sp³-hybridized carbons (Fsp3) is 0.760. The van der Waals surface area contributed by atoms with Crippen LogP contribution in [0.2, 0.25) is 0 Å². The number of benzene rings is 1. The average Bonchev–Trinajstić information content (AvgIpc) is 2.71. The van der Waals surface area contributed by atoms with Gasteiger partial charge in [0.1, 0.15) is 0 Å². The van der Waals surface area contributed by atoms with Gasteiger partial charge in [0.15, 0.2) is 17.5 Å². The molecule has 0 nitrogen and oxygen atoms in total. The molecule has 28 heavy (non-hydrogen) atoms. The van der Waals surface area contributed by atoms with Crippen molar-refractivity contribution in [3.8, 4) is 0 Å². The van der Waals surface area contributed by atoms with Gasteiger partial charge in [-0.15, -0.1) is 0 Å². The van der Waals surface area contributed by atoms with Gasteiger partial charge in [-0.25, -0.2) is 13.2 Å². The number of halogens is 3. The van der Waals surface area contributed by atoms with Crippen molar-refractivity contribution in [3.63, 3.8) is 0 Å². The normalized spacial score (nSPS) is 28.4. The van der Waals surface area contributed by atoms with E-state index in [9.17, 15) is 13.2 Å². The Morgan fingerprint density at radius 3 is 1.71 bits per heavy atom. The third-order valence-electron chi connectivity index (χ3n) is 7.52. The van der Waals surface area contributed by atoms with Gasteiger partial charge in [-0.2, -0.15) is 0 Å². The minimum absolute atomic E-state index is 0.568. The SMILES string of the molecule is CCCC1CCC(C2CCC(CCCCc3cc(F)c(F)c(F)c3)CC2)CC1. The number of aryl methyl sites for hydroxylation is 1. The van der Waals surface area contributed by atoms with Crippen LogP contribution in [0.4, 0.5) is 13.2 Å². The molecule has 1 aromatic carbocycles. The third kappa shape index (κ3) is 6.00. The van der Waals surface area contributed by atoms with Crippen molar-refractivity contribution in [2.45, 2.75) is 96.8 Å². The van der Waals surface area contributed by atoms with Gasteiger partial charge in [0.05, 0.1) is 0 Å². The molecular weight excluding hydrogens is 357 g/mol. The lowest BCUT2D eigenvalue weighted by atomic mass is 9.68. The highest BCUT2D eigenvalue weighted by Gasteiger charge is 2.30. The summed E-state index contributed by atoms with van der Waals surface area (Å²) in [6.07, 6.45) is 18.0. The Morgan fingerprint density at radius 1 is 0.714 bits per heavy atom. The summed E-state index contributed by atoms with van der Waals surface area (Å²) >= 11 is 0. The van der Waals surface area contributed by atoms with Crippen molar-refractivity contribution < 1.29 is 13.2 Å². The van der Waals surface area contributed by atoms with Gasteiger partial charge in [0.2, 0.25) is 0 Å². The highest BCUT2D eigenvalue weighted by atomic mass is 19.2. The number of unbranched alkanes of at least 4 members (excludes halogenated alkanes) is 1. The van der Waals surface area contributed by atoms with Crippen LogP contribution in [0.1, 0.15) is 96.0 Å². The van der Waals surface area contributed by atoms with Crippen molar-refractivity contribution in [2.24, 2.45) is 23.7 Å². The van der Waals surface area contributed by atoms with Crippen LogP contribution in [0.5, 0.6) is 0 Å². The van der Waals surface area contributed by atoms with Crippen LogP contribution in [-0.4, -0.2) is 0 Å². The molecule has 2 aliphatic rings. The van der Waals surface area contributed by atoms with E-state index in [2.05, 4.69) is 6.92 Å². The topological polar surface area (TPSA) is 0 Å². The first-order chi connectivity index (χ1) is 13.6. The second-order valence-electron chi connectivity index (χ2n) is 9.47. The lowest BCUT2D eigenvalue weighted by molar-refractivity contribution is 0.140. The van der Waals surface area contributed by atoms with Crippen LogP contribution < -0.4 is 0 Å². The van der Waals surface area contributed by atoms with Crippen molar-refractivity contribution >= 4 is 0 Å². The standard InChI is InChI=1S/C25H37F3/c1-2-5-18-8-12-21(13-9-18)22-14-10-19(11-15-22)6-3-4-7-20-16-23(26)25(28)24(27)17-20/h16-19,21-22H,2-15H2,1H3. The summed E-state index contributed by atoms with van der Waals surface area (Å²) in [5.41, 5.74) is 0.568. The van der Waals surface area contributed by atoms with E-state index >= 15 is 0 Å². The second-order valence-corrected chi connectivity index (χ2v) is 9.47. The molecule has 1 aromatic rings. The zero-order valence-electron chi connectivity index (χ0n) is 17.5. The maximum atomic E-state index is 13.3. The molecule has 0 spiro atoms. The van der Waals surface area contributed by atoms with Crippen LogP contribution in [0.3, 0.4) is 0 Å². The van der Waals surface area contributed by atoms with E-state index in [0.29, 0.717) is 12.0 Å². The maximum Gasteiger partial charge on any atom is 0.194 e. The summed E-state index contributed by atoms with van der Waals surface area (Å²) in [6.45, 7) is 2.31. The molecule has 0 unspecified atom stereocenters. The summed E-state index contributed by atoms with van der Waals surface area (Å²) in [4.78, 5) is 0. The van der Waals surface area contributed by atoms with Gasteiger partial charge in [0, 0.05) is 0 Å². The van der Waals surface area contributed by atoms with E-state index in [4.69, 9.17) is 0 Å². The van der Waals surface area contributed by atoms with Gasteiger partial charge in [-0.1, -0.05) is 58.3 Å². The molecule has 0 bridgehead atoms. The van der Waals surface area contributed by atoms with Gasteiger partial charge in [0.25, 0.3) is 0 Å². The summed E-state index contributed by atoms with van der Waals surface area (Å²) in [5.74, 6) is 0.268. The van der Waals surface area contributed by atoms with Crippen LogP contribution in [0.15, 0.2) is 12.1 Å². The Labute approximate surface area is 169 Å². The summed E-state index contributed by atoms with van der Waals surface area (Å²) < 4.78 is 39.6. The Hall–Kier alpha value is -0.990. The minimum atomic E-state index is -1.36. The molecule has 0 aromatic heterocycles. The minimum Gasteiger partial charge on any atom is -0.204 e. The molecule has 0 atom stereocenters. The van der Waals surface area contributed by atoms with Gasteiger partial charge >= 0.3 is 0 Å². The fourth-order valence-corrected chi connectivity index (χ4v) is 5.82. The van der Waals surface area contributed by atoms with Crippen LogP contribution in [0, 0.1) is 41.1 Å². The van der Waals surface area contributed by atoms with E-state index in [1.54, 1.807) is 0 Å². The first kappa shape index (κ1) is 21.7. The molecular formula is C25H37F3. The molecule has 158 valence electrons. The van der Waals surface area contributed by atoms with Crippen molar-refractivity contribution in [1.82, 2.24) is 0 Å². The largest absolute Gasteiger partial charge is 0.204 e. The van der Waals surface area contributed by atoms with Gasteiger partial charge in [-0.05, 0) is 79.9 Å². The molecule has 0 radical (unpaired) electrons. The predicted molar refractivity (Wildman–Crippen MR) is 110 cm³/mol. The van der Waals surface area contributed by atoms with Crippen molar-refractivity contribution in [3.05, 3.63) is 35.1 Å². The van der Waals surface area contributed by atoms with E-state index in [1.165, 1.54) is 70.6 Å². The van der Waals surface area contributed by atoms with Crippen molar-refractivity contribution in [2.75, 3.05) is 0 Å². The quantitative estimate of drug-likeness (QED) is 0.308. The highest BCUT2D eigenvalue weighted by molar-refractivity contribution is 5.19. The van der Waals surface area contributed by atoms with Gasteiger partial charge < -0.3 is 0 Å². The van der Waals surface area contributed by atoms with Crippen LogP contribution in [-0.2, 0) is 6.42 Å². The monoisotopic (exact) mass is 394 g/mol. The third-order valence-corrected chi connectivity index (χ3v) is 7.52. The average molecular weight is 395 g/mol. The van der Waals surface area contributed by atoms with Crippen LogP contribution >= 0.6 is 0 Å². The van der Waals surface area contributed by atoms with E-state index in [0.717, 1.165) is 48.6 Å². The number of hydrogen-bond acceptors (Lipinski definition) is 0. The highest BCUT2D eigenvalue weighted by Crippen LogP contribution is 2.43. The number of hydrogen-bond donors (Lipinski definition) is 0. The van der Waals surface area contributed by atoms with Crippen molar-refractivity contribution in [1.29, 1.82) is 0 Å². The molecule has 0 amide bonds. The van der Waals surface area contributed by atoms with Crippen LogP contribution in [0.25, 0.3) is 0 Å². The first-order valence-corrected chi connectivity index (χ1v) is 11.7. The summed E-state index contributed by atoms with van der Waals surface area (Å²) in [5, 5.41) is 0. The second kappa shape index (κ2) is 10.7. The predicted octanol–water partition coefficient (Wildman–Crippen LogP) is 8.23. The fourth-order valence-electron chi connectivity index (χ4n) is 5.82. The van der Waals surface area contributed by atoms with E-state index in [-0.39, 0.29) is 0 Å². The molecule has 2 fully saturated rings. The van der Waals surface area contributed by atoms with E-state index < -0.39 is 17.5 Å². The van der Waals surface area contributed by atoms with Gasteiger partial charge in [-0.3, -0.25) is 0 Å². The molecule has 0 heterocycles. The Morgan fingerprint density at radius 2 is 1.21 bits per heavy atom. The molecule has 0 N–H and O–H groups in total. The maximum absolute atomic E-state index is 13.3. The molecule has 2 aliphatic carbocycles. The first-order valence-electron chi connectivity index (χ1n) is 11.7. The zero-order chi connectivity index (χ0) is 19.9. The molecule has 2 saturated carbocycles. The molecule has 3 heteroatoms.